The van der Waals surface area contributed by atoms with Gasteiger partial charge in [-0.2, -0.15) is 0 Å². The number of fused-ring (bicyclic) bond motifs is 4. The standard InChI is InChI=1S/C52H35NS/c1-3-11-36(12-4-1)38-19-21-39(22-20-38)40-25-29-46(30-26-40)53(45-15-5-2-6-16-45)47-31-27-41(28-32-47)44-34-49(43-24-23-37-13-7-8-14-42(37)33-43)52-50(35-44)48-17-9-10-18-51(48)54-52/h1-35H. The number of anilines is 3. The number of hydrogen-bond acceptors (Lipinski definition) is 2. The van der Waals surface area contributed by atoms with Gasteiger partial charge in [0.25, 0.3) is 0 Å². The Balaban J connectivity index is 1.02. The Hall–Kier alpha value is -6.74. The van der Waals surface area contributed by atoms with E-state index in [1.807, 2.05) is 11.3 Å². The first-order valence-electron chi connectivity index (χ1n) is 18.4. The van der Waals surface area contributed by atoms with Crippen LogP contribution in [-0.4, -0.2) is 0 Å². The van der Waals surface area contributed by atoms with Gasteiger partial charge in [0.1, 0.15) is 0 Å². The van der Waals surface area contributed by atoms with Crippen LogP contribution in [0.4, 0.5) is 17.1 Å². The van der Waals surface area contributed by atoms with E-state index in [0.29, 0.717) is 0 Å². The van der Waals surface area contributed by atoms with Crippen LogP contribution >= 0.6 is 11.3 Å². The van der Waals surface area contributed by atoms with Gasteiger partial charge in [-0.25, -0.2) is 0 Å². The molecule has 2 heteroatoms. The highest BCUT2D eigenvalue weighted by atomic mass is 32.1. The van der Waals surface area contributed by atoms with Gasteiger partial charge in [-0.1, -0.05) is 152 Å². The maximum atomic E-state index is 2.39. The van der Waals surface area contributed by atoms with E-state index in [4.69, 9.17) is 0 Å². The van der Waals surface area contributed by atoms with Crippen molar-refractivity contribution in [3.05, 3.63) is 212 Å². The molecule has 0 spiro atoms. The van der Waals surface area contributed by atoms with E-state index in [1.54, 1.807) is 0 Å². The van der Waals surface area contributed by atoms with Crippen molar-refractivity contribution in [3.63, 3.8) is 0 Å². The molecule has 54 heavy (non-hydrogen) atoms. The summed E-state index contributed by atoms with van der Waals surface area (Å²) in [6.45, 7) is 0. The normalized spacial score (nSPS) is 11.3. The summed E-state index contributed by atoms with van der Waals surface area (Å²) in [7, 11) is 0. The summed E-state index contributed by atoms with van der Waals surface area (Å²) in [5.74, 6) is 0. The van der Waals surface area contributed by atoms with Crippen LogP contribution in [0.15, 0.2) is 212 Å². The fourth-order valence-electron chi connectivity index (χ4n) is 7.68. The molecule has 0 saturated heterocycles. The highest BCUT2D eigenvalue weighted by Gasteiger charge is 2.16. The second kappa shape index (κ2) is 13.7. The van der Waals surface area contributed by atoms with E-state index in [0.717, 1.165) is 17.1 Å². The van der Waals surface area contributed by atoms with Crippen LogP contribution in [0.2, 0.25) is 0 Å². The molecule has 254 valence electrons. The van der Waals surface area contributed by atoms with E-state index in [9.17, 15) is 0 Å². The van der Waals surface area contributed by atoms with Crippen LogP contribution < -0.4 is 4.90 Å². The molecule has 9 aromatic carbocycles. The zero-order chi connectivity index (χ0) is 35.8. The Morgan fingerprint density at radius 2 is 0.778 bits per heavy atom. The molecule has 0 radical (unpaired) electrons. The molecule has 0 unspecified atom stereocenters. The van der Waals surface area contributed by atoms with E-state index in [2.05, 4.69) is 217 Å². The topological polar surface area (TPSA) is 3.24 Å². The quantitative estimate of drug-likeness (QED) is 0.160. The van der Waals surface area contributed by atoms with Crippen LogP contribution in [0.5, 0.6) is 0 Å². The van der Waals surface area contributed by atoms with Crippen molar-refractivity contribution in [2.45, 2.75) is 0 Å². The molecule has 10 aromatic rings. The molecule has 0 fully saturated rings. The number of hydrogen-bond donors (Lipinski definition) is 0. The minimum absolute atomic E-state index is 1.11. The Kier molecular flexibility index (Phi) is 8.09. The fraction of sp³-hybridized carbons (Fsp3) is 0. The third-order valence-corrected chi connectivity index (χ3v) is 11.7. The Labute approximate surface area is 319 Å². The van der Waals surface area contributed by atoms with Crippen LogP contribution in [0.1, 0.15) is 0 Å². The Morgan fingerprint density at radius 1 is 0.296 bits per heavy atom. The van der Waals surface area contributed by atoms with Crippen molar-refractivity contribution in [1.82, 2.24) is 0 Å². The highest BCUT2D eigenvalue weighted by molar-refractivity contribution is 7.26. The first kappa shape index (κ1) is 32.0. The number of rotatable bonds is 7. The minimum atomic E-state index is 1.11. The molecular formula is C52H35NS. The molecule has 1 heterocycles. The van der Waals surface area contributed by atoms with Crippen molar-refractivity contribution in [3.8, 4) is 44.5 Å². The molecule has 0 aliphatic carbocycles. The molecule has 0 N–H and O–H groups in total. The number of thiophene rings is 1. The van der Waals surface area contributed by atoms with Crippen LogP contribution in [0.25, 0.3) is 75.5 Å². The summed E-state index contributed by atoms with van der Waals surface area (Å²) in [6.07, 6.45) is 0. The molecule has 0 aliphatic rings. The smallest absolute Gasteiger partial charge is 0.0462 e. The molecular weight excluding hydrogens is 671 g/mol. The summed E-state index contributed by atoms with van der Waals surface area (Å²) in [5.41, 5.74) is 13.1. The molecule has 1 nitrogen and oxygen atoms in total. The monoisotopic (exact) mass is 705 g/mol. The lowest BCUT2D eigenvalue weighted by Gasteiger charge is -2.26. The molecule has 0 amide bonds. The van der Waals surface area contributed by atoms with Gasteiger partial charge >= 0.3 is 0 Å². The first-order valence-corrected chi connectivity index (χ1v) is 19.2. The SMILES string of the molecule is c1ccc(-c2ccc(-c3ccc(N(c4ccccc4)c4ccc(-c5cc(-c6ccc7ccccc7c6)c6sc7ccccc7c6c5)cc4)cc3)cc2)cc1. The summed E-state index contributed by atoms with van der Waals surface area (Å²) in [5, 5.41) is 5.13. The van der Waals surface area contributed by atoms with Crippen LogP contribution in [0, 0.1) is 0 Å². The molecule has 10 rings (SSSR count). The van der Waals surface area contributed by atoms with Crippen molar-refractivity contribution in [2.75, 3.05) is 4.90 Å². The zero-order valence-corrected chi connectivity index (χ0v) is 30.4. The Morgan fingerprint density at radius 3 is 1.44 bits per heavy atom. The zero-order valence-electron chi connectivity index (χ0n) is 29.6. The summed E-state index contributed by atoms with van der Waals surface area (Å²) in [4.78, 5) is 2.34. The second-order valence-electron chi connectivity index (χ2n) is 13.8. The van der Waals surface area contributed by atoms with Crippen LogP contribution in [-0.2, 0) is 0 Å². The minimum Gasteiger partial charge on any atom is -0.311 e. The van der Waals surface area contributed by atoms with Crippen LogP contribution in [0.3, 0.4) is 0 Å². The predicted octanol–water partition coefficient (Wildman–Crippen LogP) is 15.3. The third-order valence-electron chi connectivity index (χ3n) is 10.5. The molecule has 0 saturated carbocycles. The highest BCUT2D eigenvalue weighted by Crippen LogP contribution is 2.44. The molecule has 0 bridgehead atoms. The van der Waals surface area contributed by atoms with Crippen molar-refractivity contribution >= 4 is 59.3 Å². The first-order chi connectivity index (χ1) is 26.7. The maximum Gasteiger partial charge on any atom is 0.0462 e. The summed E-state index contributed by atoms with van der Waals surface area (Å²) >= 11 is 1.89. The molecule has 1 aromatic heterocycles. The molecule has 0 atom stereocenters. The van der Waals surface area contributed by atoms with Gasteiger partial charge in [0, 0.05) is 42.8 Å². The van der Waals surface area contributed by atoms with Gasteiger partial charge < -0.3 is 4.90 Å². The third kappa shape index (κ3) is 5.93. The summed E-state index contributed by atoms with van der Waals surface area (Å²) < 4.78 is 2.65. The fourth-order valence-corrected chi connectivity index (χ4v) is 8.90. The van der Waals surface area contributed by atoms with Crippen molar-refractivity contribution < 1.29 is 0 Å². The van der Waals surface area contributed by atoms with E-state index in [-0.39, 0.29) is 0 Å². The average molecular weight is 706 g/mol. The van der Waals surface area contributed by atoms with E-state index >= 15 is 0 Å². The lowest BCUT2D eigenvalue weighted by Crippen LogP contribution is -2.09. The maximum absolute atomic E-state index is 2.39. The van der Waals surface area contributed by atoms with Crippen molar-refractivity contribution in [1.29, 1.82) is 0 Å². The van der Waals surface area contributed by atoms with Gasteiger partial charge in [0.15, 0.2) is 0 Å². The van der Waals surface area contributed by atoms with E-state index < -0.39 is 0 Å². The predicted molar refractivity (Wildman–Crippen MR) is 233 cm³/mol. The van der Waals surface area contributed by atoms with Gasteiger partial charge in [-0.3, -0.25) is 0 Å². The summed E-state index contributed by atoms with van der Waals surface area (Å²) in [6, 6.07) is 77.0. The van der Waals surface area contributed by atoms with Gasteiger partial charge in [-0.05, 0) is 110 Å². The lowest BCUT2D eigenvalue weighted by atomic mass is 9.94. The largest absolute Gasteiger partial charge is 0.311 e. The molecule has 0 aliphatic heterocycles. The van der Waals surface area contributed by atoms with Gasteiger partial charge in [-0.15, -0.1) is 11.3 Å². The van der Waals surface area contributed by atoms with Crippen molar-refractivity contribution in [2.24, 2.45) is 0 Å². The number of para-hydroxylation sites is 1. The van der Waals surface area contributed by atoms with E-state index in [1.165, 1.54) is 75.5 Å². The van der Waals surface area contributed by atoms with Gasteiger partial charge in [0.05, 0.1) is 0 Å². The van der Waals surface area contributed by atoms with Gasteiger partial charge in [0.2, 0.25) is 0 Å². The number of benzene rings is 9. The average Bonchev–Trinajstić information content (AvgIpc) is 3.63. The second-order valence-corrected chi connectivity index (χ2v) is 14.8. The number of nitrogens with zero attached hydrogens (tertiary/aromatic N) is 1. The lowest BCUT2D eigenvalue weighted by molar-refractivity contribution is 1.28. The Bertz CT molecular complexity index is 2890.